The number of ketones is 1. The molecule has 3 heterocycles. The first-order valence-electron chi connectivity index (χ1n) is 11.5. The Morgan fingerprint density at radius 2 is 2.00 bits per heavy atom. The van der Waals surface area contributed by atoms with E-state index in [2.05, 4.69) is 11.6 Å². The number of ether oxygens (including phenoxy) is 3. The van der Waals surface area contributed by atoms with Crippen LogP contribution < -0.4 is 14.4 Å². The third-order valence-electron chi connectivity index (χ3n) is 5.93. The van der Waals surface area contributed by atoms with Gasteiger partial charge in [0.25, 0.3) is 5.78 Å². The topological polar surface area (TPSA) is 115 Å². The van der Waals surface area contributed by atoms with Gasteiger partial charge in [-0.2, -0.15) is 0 Å². The van der Waals surface area contributed by atoms with Crippen LogP contribution >= 0.6 is 22.9 Å². The maximum Gasteiger partial charge on any atom is 0.350 e. The van der Waals surface area contributed by atoms with Crippen LogP contribution in [0, 0.1) is 6.92 Å². The Hall–Kier alpha value is -4.15. The maximum absolute atomic E-state index is 13.4. The zero-order valence-electron chi connectivity index (χ0n) is 20.1. The highest BCUT2D eigenvalue weighted by Gasteiger charge is 2.48. The molecule has 1 aromatic heterocycles. The molecule has 0 saturated carbocycles. The molecule has 9 nitrogen and oxygen atoms in total. The number of halogens is 1. The number of aliphatic hydroxyl groups excluding tert-OH is 1. The van der Waals surface area contributed by atoms with Gasteiger partial charge in [-0.25, -0.2) is 9.78 Å². The number of hydrogen-bond donors (Lipinski definition) is 1. The Balaban J connectivity index is 1.65. The summed E-state index contributed by atoms with van der Waals surface area (Å²) in [5.74, 6) is -1.93. The van der Waals surface area contributed by atoms with Crippen LogP contribution in [0.5, 0.6) is 11.5 Å². The molecular weight excluding hydrogens is 532 g/mol. The molecular formula is C27H21ClN2O7S. The second-order valence-corrected chi connectivity index (χ2v) is 9.79. The predicted molar refractivity (Wildman–Crippen MR) is 141 cm³/mol. The minimum Gasteiger partial charge on any atom is -0.507 e. The highest BCUT2D eigenvalue weighted by Crippen LogP contribution is 2.45. The Kier molecular flexibility index (Phi) is 6.92. The zero-order chi connectivity index (χ0) is 27.0. The minimum absolute atomic E-state index is 0.00800. The molecule has 0 aliphatic carbocycles. The number of amides is 1. The number of Topliss-reactive ketones (excluding diaryl/α,β-unsaturated/α-hetero) is 1. The highest BCUT2D eigenvalue weighted by molar-refractivity contribution is 7.17. The molecule has 0 unspecified atom stereocenters. The van der Waals surface area contributed by atoms with Crippen molar-refractivity contribution in [2.75, 3.05) is 24.7 Å². The van der Waals surface area contributed by atoms with Crippen LogP contribution in [0.4, 0.5) is 5.13 Å². The molecule has 1 fully saturated rings. The third-order valence-corrected chi connectivity index (χ3v) is 7.31. The number of rotatable bonds is 6. The molecule has 5 rings (SSSR count). The van der Waals surface area contributed by atoms with Crippen LogP contribution in [0.1, 0.15) is 32.5 Å². The summed E-state index contributed by atoms with van der Waals surface area (Å²) in [4.78, 5) is 45.1. The lowest BCUT2D eigenvalue weighted by molar-refractivity contribution is -0.132. The van der Waals surface area contributed by atoms with E-state index in [1.165, 1.54) is 11.0 Å². The number of aromatic nitrogens is 1. The van der Waals surface area contributed by atoms with Crippen molar-refractivity contribution in [1.82, 2.24) is 4.98 Å². The number of fused-ring (bicyclic) bond motifs is 1. The molecule has 11 heteroatoms. The van der Waals surface area contributed by atoms with Gasteiger partial charge in [0.1, 0.15) is 30.5 Å². The van der Waals surface area contributed by atoms with Gasteiger partial charge >= 0.3 is 11.9 Å². The van der Waals surface area contributed by atoms with Gasteiger partial charge in [-0.3, -0.25) is 14.5 Å². The van der Waals surface area contributed by atoms with Crippen molar-refractivity contribution in [3.05, 3.63) is 87.4 Å². The van der Waals surface area contributed by atoms with Crippen molar-refractivity contribution in [1.29, 1.82) is 0 Å². The Labute approximate surface area is 226 Å². The molecule has 1 amide bonds. The molecule has 1 saturated heterocycles. The van der Waals surface area contributed by atoms with Gasteiger partial charge in [0, 0.05) is 10.6 Å². The van der Waals surface area contributed by atoms with Gasteiger partial charge in [-0.05, 0) is 42.8 Å². The number of benzene rings is 2. The monoisotopic (exact) mass is 552 g/mol. The molecule has 3 aromatic rings. The van der Waals surface area contributed by atoms with E-state index in [0.29, 0.717) is 41.0 Å². The molecule has 2 aliphatic rings. The van der Waals surface area contributed by atoms with E-state index in [-0.39, 0.29) is 27.8 Å². The van der Waals surface area contributed by atoms with Crippen LogP contribution in [0.2, 0.25) is 5.02 Å². The largest absolute Gasteiger partial charge is 0.507 e. The zero-order valence-corrected chi connectivity index (χ0v) is 21.7. The number of hydrogen-bond acceptors (Lipinski definition) is 9. The summed E-state index contributed by atoms with van der Waals surface area (Å²) >= 11 is 7.16. The normalized spacial score (nSPS) is 17.9. The van der Waals surface area contributed by atoms with Crippen LogP contribution in [0.15, 0.2) is 60.7 Å². The van der Waals surface area contributed by atoms with Gasteiger partial charge in [0.05, 0.1) is 17.3 Å². The summed E-state index contributed by atoms with van der Waals surface area (Å²) in [6.45, 7) is 5.87. The van der Waals surface area contributed by atoms with Crippen molar-refractivity contribution in [3.8, 4) is 11.5 Å². The van der Waals surface area contributed by atoms with Crippen molar-refractivity contribution in [3.63, 3.8) is 0 Å². The number of anilines is 1. The van der Waals surface area contributed by atoms with E-state index in [0.717, 1.165) is 11.3 Å². The molecule has 38 heavy (non-hydrogen) atoms. The van der Waals surface area contributed by atoms with Crippen molar-refractivity contribution < 1.29 is 33.7 Å². The number of aryl methyl sites for hydroxylation is 1. The lowest BCUT2D eigenvalue weighted by Gasteiger charge is -2.23. The second kappa shape index (κ2) is 10.3. The predicted octanol–water partition coefficient (Wildman–Crippen LogP) is 4.85. The van der Waals surface area contributed by atoms with Gasteiger partial charge in [-0.15, -0.1) is 0 Å². The Morgan fingerprint density at radius 1 is 1.24 bits per heavy atom. The minimum atomic E-state index is -1.07. The first-order valence-corrected chi connectivity index (χ1v) is 12.7. The van der Waals surface area contributed by atoms with Crippen LogP contribution in [-0.2, 0) is 14.3 Å². The summed E-state index contributed by atoms with van der Waals surface area (Å²) < 4.78 is 16.3. The van der Waals surface area contributed by atoms with E-state index in [9.17, 15) is 19.5 Å². The average molecular weight is 553 g/mol. The average Bonchev–Trinajstić information content (AvgIpc) is 3.43. The number of thiazole rings is 1. The third kappa shape index (κ3) is 4.52. The Bertz CT molecular complexity index is 1510. The van der Waals surface area contributed by atoms with E-state index >= 15 is 0 Å². The van der Waals surface area contributed by atoms with E-state index in [1.807, 2.05) is 0 Å². The molecule has 0 radical (unpaired) electrons. The summed E-state index contributed by atoms with van der Waals surface area (Å²) in [7, 11) is 0. The number of carbonyl (C=O) groups is 3. The van der Waals surface area contributed by atoms with Crippen LogP contribution in [0.3, 0.4) is 0 Å². The molecule has 194 valence electrons. The number of esters is 1. The van der Waals surface area contributed by atoms with E-state index in [1.54, 1.807) is 49.4 Å². The fourth-order valence-electron chi connectivity index (χ4n) is 4.24. The van der Waals surface area contributed by atoms with Gasteiger partial charge in [-0.1, -0.05) is 47.7 Å². The second-order valence-electron chi connectivity index (χ2n) is 8.38. The summed E-state index contributed by atoms with van der Waals surface area (Å²) in [6, 6.07) is 10.3. The van der Waals surface area contributed by atoms with Crippen molar-refractivity contribution >= 4 is 51.5 Å². The van der Waals surface area contributed by atoms with Crippen molar-refractivity contribution in [2.24, 2.45) is 0 Å². The van der Waals surface area contributed by atoms with Crippen LogP contribution in [0.25, 0.3) is 5.76 Å². The SMILES string of the molecule is C=CCOC(=O)c1sc(N2C(=O)C(=O)C(=C(O)c3ccc4c(c3)OCCO4)[C@H]2c2cccc(Cl)c2)nc1C. The molecule has 2 aliphatic heterocycles. The summed E-state index contributed by atoms with van der Waals surface area (Å²) in [5.41, 5.74) is 0.915. The summed E-state index contributed by atoms with van der Waals surface area (Å²) in [5, 5.41) is 11.8. The molecule has 1 atom stereocenters. The van der Waals surface area contributed by atoms with E-state index < -0.39 is 29.5 Å². The number of aliphatic hydroxyl groups is 1. The van der Waals surface area contributed by atoms with Crippen molar-refractivity contribution in [2.45, 2.75) is 13.0 Å². The maximum atomic E-state index is 13.4. The fraction of sp³-hybridized carbons (Fsp3) is 0.185. The fourth-order valence-corrected chi connectivity index (χ4v) is 5.43. The lowest BCUT2D eigenvalue weighted by Crippen LogP contribution is -2.29. The molecule has 0 bridgehead atoms. The van der Waals surface area contributed by atoms with Gasteiger partial charge < -0.3 is 19.3 Å². The molecule has 1 N–H and O–H groups in total. The Morgan fingerprint density at radius 3 is 2.74 bits per heavy atom. The smallest absolute Gasteiger partial charge is 0.350 e. The number of carbonyl (C=O) groups excluding carboxylic acids is 3. The molecule has 0 spiro atoms. The summed E-state index contributed by atoms with van der Waals surface area (Å²) in [6.07, 6.45) is 1.44. The van der Waals surface area contributed by atoms with E-state index in [4.69, 9.17) is 25.8 Å². The molecule has 2 aromatic carbocycles. The standard InChI is InChI=1S/C27H21ClN2O7S/c1-3-9-37-26(34)24-14(2)29-27(38-24)30-21(15-5-4-6-17(28)12-15)20(23(32)25(30)33)22(31)16-7-8-18-19(13-16)36-11-10-35-18/h3-8,12-13,21,31H,1,9-11H2,2H3/t21-/m1/s1. The van der Waals surface area contributed by atoms with Crippen LogP contribution in [-0.4, -0.2) is 47.6 Å². The first kappa shape index (κ1) is 25.5. The van der Waals surface area contributed by atoms with Gasteiger partial charge in [0.15, 0.2) is 16.6 Å². The quantitative estimate of drug-likeness (QED) is 0.152. The lowest BCUT2D eigenvalue weighted by atomic mass is 9.95. The van der Waals surface area contributed by atoms with Gasteiger partial charge in [0.2, 0.25) is 0 Å². The number of nitrogens with zero attached hydrogens (tertiary/aromatic N) is 2. The first-order chi connectivity index (χ1) is 18.3. The highest BCUT2D eigenvalue weighted by atomic mass is 35.5.